The van der Waals surface area contributed by atoms with Crippen LogP contribution < -0.4 is 16.0 Å². The molecule has 0 spiro atoms. The maximum Gasteiger partial charge on any atom is 0.315 e. The van der Waals surface area contributed by atoms with Gasteiger partial charge >= 0.3 is 6.03 Å². The summed E-state index contributed by atoms with van der Waals surface area (Å²) in [5.74, 6) is -0.251. The standard InChI is InChI=1S/C23H31N3O3/c1-17-14-18(2)22(19(3)15-17)26-21(27)16-25-23(28)24-11-7-12-29-13-10-20-8-5-4-6-9-20/h4-6,8-9,14-15H,7,10-13,16H2,1-3H3,(H,26,27)(H2,24,25,28). The summed E-state index contributed by atoms with van der Waals surface area (Å²) < 4.78 is 5.58. The highest BCUT2D eigenvalue weighted by Gasteiger charge is 2.09. The van der Waals surface area contributed by atoms with Gasteiger partial charge in [-0.2, -0.15) is 0 Å². The molecule has 3 N–H and O–H groups in total. The van der Waals surface area contributed by atoms with Gasteiger partial charge in [-0.15, -0.1) is 0 Å². The van der Waals surface area contributed by atoms with E-state index in [1.807, 2.05) is 51.1 Å². The SMILES string of the molecule is Cc1cc(C)c(NC(=O)CNC(=O)NCCCOCCc2ccccc2)c(C)c1. The van der Waals surface area contributed by atoms with E-state index < -0.39 is 0 Å². The van der Waals surface area contributed by atoms with Crippen molar-refractivity contribution in [2.45, 2.75) is 33.6 Å². The Morgan fingerprint density at radius 3 is 2.31 bits per heavy atom. The van der Waals surface area contributed by atoms with Crippen LogP contribution in [0.2, 0.25) is 0 Å². The van der Waals surface area contributed by atoms with E-state index in [-0.39, 0.29) is 18.5 Å². The van der Waals surface area contributed by atoms with Crippen molar-refractivity contribution in [3.8, 4) is 0 Å². The third-order valence-electron chi connectivity index (χ3n) is 4.48. The van der Waals surface area contributed by atoms with Crippen molar-refractivity contribution in [3.05, 3.63) is 64.7 Å². The van der Waals surface area contributed by atoms with E-state index >= 15 is 0 Å². The number of benzene rings is 2. The van der Waals surface area contributed by atoms with Gasteiger partial charge in [-0.05, 0) is 50.3 Å². The van der Waals surface area contributed by atoms with Crippen LogP contribution in [0, 0.1) is 20.8 Å². The number of urea groups is 1. The fourth-order valence-corrected chi connectivity index (χ4v) is 3.10. The lowest BCUT2D eigenvalue weighted by Gasteiger charge is -2.13. The third-order valence-corrected chi connectivity index (χ3v) is 4.48. The monoisotopic (exact) mass is 397 g/mol. The molecule has 0 radical (unpaired) electrons. The lowest BCUT2D eigenvalue weighted by Crippen LogP contribution is -2.40. The number of hydrogen-bond donors (Lipinski definition) is 3. The lowest BCUT2D eigenvalue weighted by atomic mass is 10.1. The fourth-order valence-electron chi connectivity index (χ4n) is 3.10. The maximum atomic E-state index is 12.1. The van der Waals surface area contributed by atoms with Gasteiger partial charge in [0.1, 0.15) is 0 Å². The Bertz CT molecular complexity index is 783. The molecular weight excluding hydrogens is 366 g/mol. The zero-order valence-electron chi connectivity index (χ0n) is 17.5. The number of ether oxygens (including phenoxy) is 1. The minimum absolute atomic E-state index is 0.0772. The molecule has 3 amide bonds. The van der Waals surface area contributed by atoms with Gasteiger partial charge in [0.2, 0.25) is 5.91 Å². The molecule has 0 bridgehead atoms. The van der Waals surface area contributed by atoms with Gasteiger partial charge < -0.3 is 20.7 Å². The number of carbonyl (C=O) groups excluding carboxylic acids is 2. The molecule has 0 aliphatic rings. The zero-order chi connectivity index (χ0) is 21.1. The highest BCUT2D eigenvalue weighted by atomic mass is 16.5. The highest BCUT2D eigenvalue weighted by molar-refractivity contribution is 5.95. The summed E-state index contributed by atoms with van der Waals surface area (Å²) in [6.45, 7) is 7.59. The van der Waals surface area contributed by atoms with Gasteiger partial charge in [0.15, 0.2) is 0 Å². The molecule has 0 fully saturated rings. The number of carbonyl (C=O) groups is 2. The van der Waals surface area contributed by atoms with E-state index in [2.05, 4.69) is 28.1 Å². The quantitative estimate of drug-likeness (QED) is 0.537. The van der Waals surface area contributed by atoms with Crippen molar-refractivity contribution < 1.29 is 14.3 Å². The van der Waals surface area contributed by atoms with E-state index in [0.717, 1.165) is 35.2 Å². The first-order valence-electron chi connectivity index (χ1n) is 9.97. The topological polar surface area (TPSA) is 79.5 Å². The van der Waals surface area contributed by atoms with Crippen LogP contribution in [-0.2, 0) is 16.0 Å². The summed E-state index contributed by atoms with van der Waals surface area (Å²) in [5, 5.41) is 8.17. The van der Waals surface area contributed by atoms with Crippen LogP contribution in [0.1, 0.15) is 28.7 Å². The molecule has 156 valence electrons. The molecule has 2 aromatic carbocycles. The molecule has 0 aliphatic carbocycles. The number of rotatable bonds is 10. The predicted molar refractivity (Wildman–Crippen MR) is 116 cm³/mol. The summed E-state index contributed by atoms with van der Waals surface area (Å²) in [6.07, 6.45) is 1.60. The summed E-state index contributed by atoms with van der Waals surface area (Å²) in [5.41, 5.74) is 5.22. The number of nitrogens with one attached hydrogen (secondary N) is 3. The first kappa shape index (κ1) is 22.4. The Hall–Kier alpha value is -2.86. The normalized spacial score (nSPS) is 10.4. The molecule has 6 nitrogen and oxygen atoms in total. The van der Waals surface area contributed by atoms with E-state index in [1.54, 1.807) is 0 Å². The molecule has 6 heteroatoms. The molecule has 0 atom stereocenters. The predicted octanol–water partition coefficient (Wildman–Crippen LogP) is 3.50. The average molecular weight is 398 g/mol. The number of aryl methyl sites for hydroxylation is 3. The fraction of sp³-hybridized carbons (Fsp3) is 0.391. The van der Waals surface area contributed by atoms with Gasteiger partial charge in [0.25, 0.3) is 0 Å². The second-order valence-corrected chi connectivity index (χ2v) is 7.13. The Morgan fingerprint density at radius 2 is 1.62 bits per heavy atom. The zero-order valence-corrected chi connectivity index (χ0v) is 17.5. The molecule has 0 saturated carbocycles. The molecule has 0 aromatic heterocycles. The Kier molecular flexibility index (Phi) is 9.18. The van der Waals surface area contributed by atoms with Crippen molar-refractivity contribution in [2.24, 2.45) is 0 Å². The van der Waals surface area contributed by atoms with Crippen LogP contribution in [0.15, 0.2) is 42.5 Å². The Morgan fingerprint density at radius 1 is 0.931 bits per heavy atom. The van der Waals surface area contributed by atoms with Crippen molar-refractivity contribution in [1.82, 2.24) is 10.6 Å². The van der Waals surface area contributed by atoms with Crippen molar-refractivity contribution >= 4 is 17.6 Å². The number of anilines is 1. The molecule has 0 unspecified atom stereocenters. The van der Waals surface area contributed by atoms with Gasteiger partial charge in [0, 0.05) is 18.8 Å². The number of hydrogen-bond acceptors (Lipinski definition) is 3. The minimum atomic E-state index is -0.359. The van der Waals surface area contributed by atoms with Crippen LogP contribution in [0.4, 0.5) is 10.5 Å². The second kappa shape index (κ2) is 11.9. The van der Waals surface area contributed by atoms with E-state index in [4.69, 9.17) is 4.74 Å². The maximum absolute atomic E-state index is 12.1. The highest BCUT2D eigenvalue weighted by Crippen LogP contribution is 2.21. The molecule has 0 saturated heterocycles. The van der Waals surface area contributed by atoms with Crippen LogP contribution in [0.3, 0.4) is 0 Å². The lowest BCUT2D eigenvalue weighted by molar-refractivity contribution is -0.115. The van der Waals surface area contributed by atoms with Crippen LogP contribution in [0.5, 0.6) is 0 Å². The minimum Gasteiger partial charge on any atom is -0.381 e. The van der Waals surface area contributed by atoms with Crippen LogP contribution in [0.25, 0.3) is 0 Å². The van der Waals surface area contributed by atoms with Gasteiger partial charge in [-0.3, -0.25) is 4.79 Å². The van der Waals surface area contributed by atoms with Crippen LogP contribution in [-0.4, -0.2) is 38.2 Å². The largest absolute Gasteiger partial charge is 0.381 e. The van der Waals surface area contributed by atoms with Gasteiger partial charge in [-0.25, -0.2) is 4.79 Å². The first-order valence-corrected chi connectivity index (χ1v) is 9.97. The Labute approximate surface area is 173 Å². The van der Waals surface area contributed by atoms with Crippen molar-refractivity contribution in [1.29, 1.82) is 0 Å². The molecular formula is C23H31N3O3. The molecule has 0 aliphatic heterocycles. The van der Waals surface area contributed by atoms with E-state index in [9.17, 15) is 9.59 Å². The smallest absolute Gasteiger partial charge is 0.315 e. The summed E-state index contributed by atoms with van der Waals surface area (Å²) in [6, 6.07) is 13.9. The summed E-state index contributed by atoms with van der Waals surface area (Å²) >= 11 is 0. The van der Waals surface area contributed by atoms with E-state index in [0.29, 0.717) is 19.8 Å². The Balaban J connectivity index is 1.55. The summed E-state index contributed by atoms with van der Waals surface area (Å²) in [4.78, 5) is 23.9. The number of amides is 3. The molecule has 2 rings (SSSR count). The first-order chi connectivity index (χ1) is 14.0. The van der Waals surface area contributed by atoms with E-state index in [1.165, 1.54) is 5.56 Å². The summed E-state index contributed by atoms with van der Waals surface area (Å²) in [7, 11) is 0. The van der Waals surface area contributed by atoms with Crippen molar-refractivity contribution in [2.75, 3.05) is 31.6 Å². The van der Waals surface area contributed by atoms with Crippen molar-refractivity contribution in [3.63, 3.8) is 0 Å². The molecule has 2 aromatic rings. The average Bonchev–Trinajstić information content (AvgIpc) is 2.69. The van der Waals surface area contributed by atoms with Gasteiger partial charge in [0.05, 0.1) is 13.2 Å². The molecule has 29 heavy (non-hydrogen) atoms. The van der Waals surface area contributed by atoms with Gasteiger partial charge in [-0.1, -0.05) is 48.0 Å². The second-order valence-electron chi connectivity index (χ2n) is 7.13. The molecule has 0 heterocycles. The van der Waals surface area contributed by atoms with Crippen LogP contribution >= 0.6 is 0 Å². The third kappa shape index (κ3) is 8.35.